The highest BCUT2D eigenvalue weighted by Crippen LogP contribution is 2.17. The predicted molar refractivity (Wildman–Crippen MR) is 78.0 cm³/mol. The normalized spacial score (nSPS) is 11.9. The summed E-state index contributed by atoms with van der Waals surface area (Å²) in [4.78, 5) is 10.9. The van der Waals surface area contributed by atoms with Crippen LogP contribution in [0.5, 0.6) is 0 Å². The molecular formula is C15H24N2O. The molecule has 0 aromatic heterocycles. The highest BCUT2D eigenvalue weighted by atomic mass is 16.1. The van der Waals surface area contributed by atoms with Crippen LogP contribution >= 0.6 is 0 Å². The number of benzene rings is 1. The number of carbonyl (C=O) groups excluding carboxylic acids is 1. The molecule has 1 atom stereocenters. The Labute approximate surface area is 110 Å². The molecule has 100 valence electrons. The predicted octanol–water partition coefficient (Wildman–Crippen LogP) is 4.03. The second-order valence-electron chi connectivity index (χ2n) is 4.65. The fraction of sp³-hybridized carbons (Fsp3) is 0.533. The molecule has 0 spiro atoms. The summed E-state index contributed by atoms with van der Waals surface area (Å²) >= 11 is 0. The molecule has 1 aromatic rings. The topological polar surface area (TPSA) is 41.1 Å². The second-order valence-corrected chi connectivity index (χ2v) is 4.65. The maximum atomic E-state index is 10.9. The molecule has 3 heteroatoms. The van der Waals surface area contributed by atoms with Gasteiger partial charge >= 0.3 is 0 Å². The molecule has 1 amide bonds. The summed E-state index contributed by atoms with van der Waals surface area (Å²) in [5, 5.41) is 6.30. The Kier molecular flexibility index (Phi) is 6.26. The first kappa shape index (κ1) is 14.6. The zero-order valence-corrected chi connectivity index (χ0v) is 11.6. The average Bonchev–Trinajstić information content (AvgIpc) is 2.36. The quantitative estimate of drug-likeness (QED) is 0.765. The van der Waals surface area contributed by atoms with Crippen LogP contribution in [0.1, 0.15) is 46.5 Å². The molecule has 0 aliphatic rings. The number of hydrogen-bond acceptors (Lipinski definition) is 2. The zero-order chi connectivity index (χ0) is 13.4. The number of hydrogen-bond donors (Lipinski definition) is 2. The lowest BCUT2D eigenvalue weighted by Gasteiger charge is -2.18. The fourth-order valence-corrected chi connectivity index (χ4v) is 1.92. The highest BCUT2D eigenvalue weighted by Gasteiger charge is 2.05. The molecule has 0 fully saturated rings. The molecule has 1 aromatic carbocycles. The monoisotopic (exact) mass is 248 g/mol. The van der Waals surface area contributed by atoms with E-state index in [0.717, 1.165) is 17.8 Å². The minimum absolute atomic E-state index is 0.0370. The summed E-state index contributed by atoms with van der Waals surface area (Å²) in [6.07, 6.45) is 4.84. The zero-order valence-electron chi connectivity index (χ0n) is 11.6. The van der Waals surface area contributed by atoms with Crippen molar-refractivity contribution >= 4 is 17.3 Å². The smallest absolute Gasteiger partial charge is 0.221 e. The SMILES string of the molecule is CCCCC(CC)Nc1ccc(NC(C)=O)cc1. The highest BCUT2D eigenvalue weighted by molar-refractivity contribution is 5.88. The van der Waals surface area contributed by atoms with Gasteiger partial charge in [-0.25, -0.2) is 0 Å². The number of amides is 1. The van der Waals surface area contributed by atoms with E-state index in [1.807, 2.05) is 24.3 Å². The van der Waals surface area contributed by atoms with Crippen LogP contribution in [0.15, 0.2) is 24.3 Å². The molecule has 0 aliphatic carbocycles. The summed E-state index contributed by atoms with van der Waals surface area (Å²) < 4.78 is 0. The standard InChI is InChI=1S/C15H24N2O/c1-4-6-7-13(5-2)17-15-10-8-14(9-11-15)16-12(3)18/h8-11,13,17H,4-7H2,1-3H3,(H,16,18). The third-order valence-corrected chi connectivity index (χ3v) is 2.97. The Morgan fingerprint density at radius 1 is 1.17 bits per heavy atom. The van der Waals surface area contributed by atoms with E-state index in [2.05, 4.69) is 24.5 Å². The molecule has 18 heavy (non-hydrogen) atoms. The van der Waals surface area contributed by atoms with Gasteiger partial charge in [-0.1, -0.05) is 26.7 Å². The Hall–Kier alpha value is -1.51. The molecule has 0 radical (unpaired) electrons. The van der Waals surface area contributed by atoms with E-state index in [-0.39, 0.29) is 5.91 Å². The lowest BCUT2D eigenvalue weighted by atomic mass is 10.1. The first-order valence-corrected chi connectivity index (χ1v) is 6.79. The van der Waals surface area contributed by atoms with Crippen LogP contribution in [0.3, 0.4) is 0 Å². The molecule has 0 heterocycles. The third kappa shape index (κ3) is 5.21. The molecule has 0 saturated heterocycles. The average molecular weight is 248 g/mol. The van der Waals surface area contributed by atoms with Crippen molar-refractivity contribution in [3.63, 3.8) is 0 Å². The van der Waals surface area contributed by atoms with Crippen molar-refractivity contribution in [2.24, 2.45) is 0 Å². The van der Waals surface area contributed by atoms with Gasteiger partial charge in [0.25, 0.3) is 0 Å². The number of unbranched alkanes of at least 4 members (excludes halogenated alkanes) is 1. The van der Waals surface area contributed by atoms with Crippen LogP contribution < -0.4 is 10.6 Å². The third-order valence-electron chi connectivity index (χ3n) is 2.97. The first-order valence-electron chi connectivity index (χ1n) is 6.79. The molecule has 0 bridgehead atoms. The van der Waals surface area contributed by atoms with E-state index < -0.39 is 0 Å². The van der Waals surface area contributed by atoms with Gasteiger partial charge in [0.15, 0.2) is 0 Å². The maximum Gasteiger partial charge on any atom is 0.221 e. The summed E-state index contributed by atoms with van der Waals surface area (Å²) in [7, 11) is 0. The van der Waals surface area contributed by atoms with Gasteiger partial charge < -0.3 is 10.6 Å². The van der Waals surface area contributed by atoms with Crippen LogP contribution in [0.4, 0.5) is 11.4 Å². The summed E-state index contributed by atoms with van der Waals surface area (Å²) in [5.41, 5.74) is 1.96. The fourth-order valence-electron chi connectivity index (χ4n) is 1.92. The lowest BCUT2D eigenvalue weighted by Crippen LogP contribution is -2.18. The van der Waals surface area contributed by atoms with Gasteiger partial charge in [-0.3, -0.25) is 4.79 Å². The molecule has 0 saturated carbocycles. The maximum absolute atomic E-state index is 10.9. The number of carbonyl (C=O) groups is 1. The molecular weight excluding hydrogens is 224 g/mol. The van der Waals surface area contributed by atoms with E-state index in [9.17, 15) is 4.79 Å². The van der Waals surface area contributed by atoms with Gasteiger partial charge in [0.2, 0.25) is 5.91 Å². The van der Waals surface area contributed by atoms with E-state index in [1.54, 1.807) is 0 Å². The van der Waals surface area contributed by atoms with E-state index >= 15 is 0 Å². The summed E-state index contributed by atoms with van der Waals surface area (Å²) in [5.74, 6) is -0.0370. The van der Waals surface area contributed by atoms with Crippen molar-refractivity contribution < 1.29 is 4.79 Å². The Morgan fingerprint density at radius 3 is 2.28 bits per heavy atom. The molecule has 0 aliphatic heterocycles. The molecule has 1 unspecified atom stereocenters. The number of anilines is 2. The molecule has 2 N–H and O–H groups in total. The van der Waals surface area contributed by atoms with Crippen molar-refractivity contribution in [3.8, 4) is 0 Å². The minimum atomic E-state index is -0.0370. The van der Waals surface area contributed by atoms with Crippen molar-refractivity contribution in [1.29, 1.82) is 0 Å². The van der Waals surface area contributed by atoms with Crippen LogP contribution in [-0.4, -0.2) is 11.9 Å². The van der Waals surface area contributed by atoms with Gasteiger partial charge in [-0.15, -0.1) is 0 Å². The largest absolute Gasteiger partial charge is 0.382 e. The summed E-state index contributed by atoms with van der Waals surface area (Å²) in [6.45, 7) is 5.94. The van der Waals surface area contributed by atoms with Crippen LogP contribution in [-0.2, 0) is 4.79 Å². The van der Waals surface area contributed by atoms with Crippen LogP contribution in [0.2, 0.25) is 0 Å². The van der Waals surface area contributed by atoms with Crippen molar-refractivity contribution in [3.05, 3.63) is 24.3 Å². The van der Waals surface area contributed by atoms with Crippen LogP contribution in [0.25, 0.3) is 0 Å². The van der Waals surface area contributed by atoms with E-state index in [0.29, 0.717) is 6.04 Å². The molecule has 1 rings (SSSR count). The van der Waals surface area contributed by atoms with Crippen molar-refractivity contribution in [1.82, 2.24) is 0 Å². The van der Waals surface area contributed by atoms with Gasteiger partial charge in [0.1, 0.15) is 0 Å². The second kappa shape index (κ2) is 7.75. The Balaban J connectivity index is 2.53. The van der Waals surface area contributed by atoms with Gasteiger partial charge in [0, 0.05) is 24.3 Å². The van der Waals surface area contributed by atoms with E-state index in [1.165, 1.54) is 26.2 Å². The van der Waals surface area contributed by atoms with Gasteiger partial charge in [-0.2, -0.15) is 0 Å². The van der Waals surface area contributed by atoms with Gasteiger partial charge in [-0.05, 0) is 37.1 Å². The van der Waals surface area contributed by atoms with Crippen LogP contribution in [0, 0.1) is 0 Å². The number of rotatable bonds is 7. The lowest BCUT2D eigenvalue weighted by molar-refractivity contribution is -0.114. The first-order chi connectivity index (χ1) is 8.65. The summed E-state index contributed by atoms with van der Waals surface area (Å²) in [6, 6.07) is 8.42. The minimum Gasteiger partial charge on any atom is -0.382 e. The van der Waals surface area contributed by atoms with Crippen molar-refractivity contribution in [2.45, 2.75) is 52.5 Å². The molecule has 3 nitrogen and oxygen atoms in total. The van der Waals surface area contributed by atoms with Crippen molar-refractivity contribution in [2.75, 3.05) is 10.6 Å². The Morgan fingerprint density at radius 2 is 1.78 bits per heavy atom. The van der Waals surface area contributed by atoms with E-state index in [4.69, 9.17) is 0 Å². The number of nitrogens with one attached hydrogen (secondary N) is 2. The van der Waals surface area contributed by atoms with Gasteiger partial charge in [0.05, 0.1) is 0 Å². The Bertz CT molecular complexity index is 359.